The lowest BCUT2D eigenvalue weighted by molar-refractivity contribution is 0.196. The SMILES string of the molecule is COCCCNC(=S)Nc1nc(Cl)cc(N2CCN(c3ccccc3)CC2)n1. The van der Waals surface area contributed by atoms with E-state index in [1.54, 1.807) is 13.2 Å². The first-order chi connectivity index (χ1) is 13.7. The number of nitrogens with one attached hydrogen (secondary N) is 2. The number of benzene rings is 1. The molecule has 1 fully saturated rings. The van der Waals surface area contributed by atoms with E-state index in [-0.39, 0.29) is 0 Å². The van der Waals surface area contributed by atoms with E-state index < -0.39 is 0 Å². The first kappa shape index (κ1) is 20.6. The van der Waals surface area contributed by atoms with Gasteiger partial charge in [-0.1, -0.05) is 29.8 Å². The molecular formula is C19H25ClN6OS. The highest BCUT2D eigenvalue weighted by Gasteiger charge is 2.19. The van der Waals surface area contributed by atoms with Gasteiger partial charge in [0.2, 0.25) is 5.95 Å². The molecule has 150 valence electrons. The van der Waals surface area contributed by atoms with Gasteiger partial charge in [-0.3, -0.25) is 0 Å². The second-order valence-electron chi connectivity index (χ2n) is 6.41. The van der Waals surface area contributed by atoms with Crippen molar-refractivity contribution < 1.29 is 4.74 Å². The van der Waals surface area contributed by atoms with Crippen LogP contribution < -0.4 is 20.4 Å². The Morgan fingerprint density at radius 2 is 1.86 bits per heavy atom. The second kappa shape index (κ2) is 10.4. The highest BCUT2D eigenvalue weighted by atomic mass is 35.5. The van der Waals surface area contributed by atoms with E-state index in [0.29, 0.717) is 29.4 Å². The Bertz CT molecular complexity index is 770. The van der Waals surface area contributed by atoms with Gasteiger partial charge >= 0.3 is 0 Å². The topological polar surface area (TPSA) is 65.6 Å². The summed E-state index contributed by atoms with van der Waals surface area (Å²) in [7, 11) is 1.68. The van der Waals surface area contributed by atoms with Crippen molar-refractivity contribution in [1.82, 2.24) is 15.3 Å². The number of halogens is 1. The van der Waals surface area contributed by atoms with Crippen LogP contribution in [0.25, 0.3) is 0 Å². The molecule has 1 aliphatic rings. The Hall–Kier alpha value is -2.16. The molecule has 0 bridgehead atoms. The largest absolute Gasteiger partial charge is 0.385 e. The number of rotatable bonds is 7. The van der Waals surface area contributed by atoms with Gasteiger partial charge in [-0.05, 0) is 30.8 Å². The van der Waals surface area contributed by atoms with Crippen LogP contribution in [0.2, 0.25) is 5.15 Å². The summed E-state index contributed by atoms with van der Waals surface area (Å²) in [4.78, 5) is 13.4. The van der Waals surface area contributed by atoms with Gasteiger partial charge in [0.05, 0.1) is 0 Å². The molecule has 1 aliphatic heterocycles. The normalized spacial score (nSPS) is 14.1. The third-order valence-corrected chi connectivity index (χ3v) is 4.88. The maximum Gasteiger partial charge on any atom is 0.232 e. The molecule has 2 aromatic rings. The molecule has 1 aromatic carbocycles. The van der Waals surface area contributed by atoms with Crippen LogP contribution in [0.4, 0.5) is 17.5 Å². The summed E-state index contributed by atoms with van der Waals surface area (Å²) in [5, 5.41) is 6.97. The fourth-order valence-corrected chi connectivity index (χ4v) is 3.39. The number of anilines is 3. The molecular weight excluding hydrogens is 396 g/mol. The molecule has 0 unspecified atom stereocenters. The van der Waals surface area contributed by atoms with Gasteiger partial charge in [0.1, 0.15) is 11.0 Å². The molecule has 0 atom stereocenters. The Morgan fingerprint density at radius 3 is 2.57 bits per heavy atom. The predicted octanol–water partition coefficient (Wildman–Crippen LogP) is 2.78. The molecule has 2 N–H and O–H groups in total. The minimum atomic E-state index is 0.389. The van der Waals surface area contributed by atoms with Crippen LogP contribution in [0.1, 0.15) is 6.42 Å². The molecule has 28 heavy (non-hydrogen) atoms. The molecule has 0 radical (unpaired) electrons. The number of para-hydroxylation sites is 1. The van der Waals surface area contributed by atoms with Crippen LogP contribution in [0.3, 0.4) is 0 Å². The molecule has 9 heteroatoms. The molecule has 0 aliphatic carbocycles. The van der Waals surface area contributed by atoms with Gasteiger partial charge in [-0.2, -0.15) is 4.98 Å². The van der Waals surface area contributed by atoms with Crippen LogP contribution in [0, 0.1) is 0 Å². The van der Waals surface area contributed by atoms with Crippen molar-refractivity contribution >= 4 is 46.4 Å². The molecule has 0 saturated carbocycles. The van der Waals surface area contributed by atoms with Crippen molar-refractivity contribution in [3.05, 3.63) is 41.6 Å². The summed E-state index contributed by atoms with van der Waals surface area (Å²) in [6, 6.07) is 12.2. The Balaban J connectivity index is 1.57. The van der Waals surface area contributed by atoms with Crippen molar-refractivity contribution in [2.45, 2.75) is 6.42 Å². The fourth-order valence-electron chi connectivity index (χ4n) is 3.02. The molecule has 3 rings (SSSR count). The number of nitrogens with zero attached hydrogens (tertiary/aromatic N) is 4. The summed E-state index contributed by atoms with van der Waals surface area (Å²) < 4.78 is 5.02. The lowest BCUT2D eigenvalue weighted by Gasteiger charge is -2.36. The van der Waals surface area contributed by atoms with Gasteiger partial charge in [0, 0.05) is 58.2 Å². The molecule has 2 heterocycles. The number of thiocarbonyl (C=S) groups is 1. The van der Waals surface area contributed by atoms with Crippen molar-refractivity contribution in [2.24, 2.45) is 0 Å². The van der Waals surface area contributed by atoms with E-state index in [9.17, 15) is 0 Å². The van der Waals surface area contributed by atoms with Crippen LogP contribution >= 0.6 is 23.8 Å². The lowest BCUT2D eigenvalue weighted by Crippen LogP contribution is -2.46. The molecule has 1 saturated heterocycles. The number of methoxy groups -OCH3 is 1. The maximum absolute atomic E-state index is 6.21. The maximum atomic E-state index is 6.21. The van der Waals surface area contributed by atoms with Gasteiger partial charge in [0.15, 0.2) is 5.11 Å². The average molecular weight is 421 g/mol. The number of hydrogen-bond donors (Lipinski definition) is 2. The number of hydrogen-bond acceptors (Lipinski definition) is 6. The van der Waals surface area contributed by atoms with Gasteiger partial charge in [0.25, 0.3) is 0 Å². The zero-order chi connectivity index (χ0) is 19.8. The van der Waals surface area contributed by atoms with E-state index in [0.717, 1.165) is 38.4 Å². The lowest BCUT2D eigenvalue weighted by atomic mass is 10.2. The van der Waals surface area contributed by atoms with Gasteiger partial charge < -0.3 is 25.2 Å². The van der Waals surface area contributed by atoms with Crippen LogP contribution in [-0.2, 0) is 4.74 Å². The Morgan fingerprint density at radius 1 is 1.14 bits per heavy atom. The highest BCUT2D eigenvalue weighted by molar-refractivity contribution is 7.80. The Kier molecular flexibility index (Phi) is 7.64. The summed E-state index contributed by atoms with van der Waals surface area (Å²) in [6.45, 7) is 4.97. The molecule has 0 spiro atoms. The second-order valence-corrected chi connectivity index (χ2v) is 7.20. The van der Waals surface area contributed by atoms with Crippen LogP contribution in [0.5, 0.6) is 0 Å². The standard InChI is InChI=1S/C19H25ClN6OS/c1-27-13-5-8-21-19(28)24-18-22-16(20)14-17(23-18)26-11-9-25(10-12-26)15-6-3-2-4-7-15/h2-4,6-7,14H,5,8-13H2,1H3,(H2,21,22,23,24,28). The zero-order valence-corrected chi connectivity index (χ0v) is 17.5. The van der Waals surface area contributed by atoms with E-state index in [1.165, 1.54) is 5.69 Å². The zero-order valence-electron chi connectivity index (χ0n) is 15.9. The first-order valence-corrected chi connectivity index (χ1v) is 10.1. The minimum Gasteiger partial charge on any atom is -0.385 e. The van der Waals surface area contributed by atoms with Gasteiger partial charge in [-0.15, -0.1) is 0 Å². The van der Waals surface area contributed by atoms with Gasteiger partial charge in [-0.25, -0.2) is 4.98 Å². The van der Waals surface area contributed by atoms with E-state index in [2.05, 4.69) is 54.7 Å². The fraction of sp³-hybridized carbons (Fsp3) is 0.421. The summed E-state index contributed by atoms with van der Waals surface area (Å²) in [6.07, 6.45) is 0.867. The van der Waals surface area contributed by atoms with E-state index >= 15 is 0 Å². The quantitative estimate of drug-likeness (QED) is 0.402. The first-order valence-electron chi connectivity index (χ1n) is 9.29. The van der Waals surface area contributed by atoms with E-state index in [4.69, 9.17) is 28.6 Å². The number of aromatic nitrogens is 2. The smallest absolute Gasteiger partial charge is 0.232 e. The third kappa shape index (κ3) is 5.92. The summed E-state index contributed by atoms with van der Waals surface area (Å²) in [5.74, 6) is 1.20. The number of piperazine rings is 1. The molecule has 0 amide bonds. The Labute approximate surface area is 176 Å². The van der Waals surface area contributed by atoms with Crippen molar-refractivity contribution in [3.63, 3.8) is 0 Å². The highest BCUT2D eigenvalue weighted by Crippen LogP contribution is 2.22. The van der Waals surface area contributed by atoms with Crippen molar-refractivity contribution in [2.75, 3.05) is 61.6 Å². The summed E-state index contributed by atoms with van der Waals surface area (Å²) >= 11 is 11.5. The third-order valence-electron chi connectivity index (χ3n) is 4.44. The predicted molar refractivity (Wildman–Crippen MR) is 119 cm³/mol. The monoisotopic (exact) mass is 420 g/mol. The average Bonchev–Trinajstić information content (AvgIpc) is 2.71. The molecule has 1 aromatic heterocycles. The van der Waals surface area contributed by atoms with Crippen molar-refractivity contribution in [1.29, 1.82) is 0 Å². The summed E-state index contributed by atoms with van der Waals surface area (Å²) in [5.41, 5.74) is 1.25. The minimum absolute atomic E-state index is 0.389. The van der Waals surface area contributed by atoms with Crippen LogP contribution in [-0.4, -0.2) is 61.5 Å². The van der Waals surface area contributed by atoms with Crippen LogP contribution in [0.15, 0.2) is 36.4 Å². The molecule has 7 nitrogen and oxygen atoms in total. The van der Waals surface area contributed by atoms with Crippen molar-refractivity contribution in [3.8, 4) is 0 Å². The van der Waals surface area contributed by atoms with E-state index in [1.807, 2.05) is 6.07 Å². The number of ether oxygens (including phenoxy) is 1.